The number of aliphatic hydroxyl groups is 1. The summed E-state index contributed by atoms with van der Waals surface area (Å²) >= 11 is 0. The minimum Gasteiger partial charge on any atom is -0.497 e. The lowest BCUT2D eigenvalue weighted by molar-refractivity contribution is 0.273. The molecule has 0 spiro atoms. The van der Waals surface area contributed by atoms with Crippen molar-refractivity contribution in [2.45, 2.75) is 50.3 Å². The summed E-state index contributed by atoms with van der Waals surface area (Å²) in [6, 6.07) is 20.3. The van der Waals surface area contributed by atoms with Crippen LogP contribution in [0.15, 0.2) is 71.6 Å². The van der Waals surface area contributed by atoms with Gasteiger partial charge in [0.05, 0.1) is 26.5 Å². The Morgan fingerprint density at radius 2 is 1.72 bits per heavy atom. The van der Waals surface area contributed by atoms with E-state index in [0.717, 1.165) is 36.3 Å². The molecule has 3 aromatic carbocycles. The highest BCUT2D eigenvalue weighted by Crippen LogP contribution is 2.42. The van der Waals surface area contributed by atoms with Crippen LogP contribution in [-0.2, 0) is 23.2 Å². The van der Waals surface area contributed by atoms with Crippen molar-refractivity contribution >= 4 is 21.4 Å². The fourth-order valence-electron chi connectivity index (χ4n) is 4.70. The quantitative estimate of drug-likeness (QED) is 0.432. The number of benzene rings is 3. The van der Waals surface area contributed by atoms with Gasteiger partial charge in [0.1, 0.15) is 16.4 Å². The summed E-state index contributed by atoms with van der Waals surface area (Å²) in [4.78, 5) is 2.23. The average Bonchev–Trinajstić information content (AvgIpc) is 3.00. The van der Waals surface area contributed by atoms with Crippen molar-refractivity contribution in [1.82, 2.24) is 4.31 Å². The number of hydrogen-bond acceptors (Lipinski definition) is 6. The highest BCUT2D eigenvalue weighted by atomic mass is 32.2. The van der Waals surface area contributed by atoms with E-state index in [1.54, 1.807) is 23.5 Å². The van der Waals surface area contributed by atoms with Crippen LogP contribution in [0.4, 0.5) is 11.4 Å². The smallest absolute Gasteiger partial charge is 0.245 e. The molecule has 0 saturated heterocycles. The molecule has 0 fully saturated rings. The highest BCUT2D eigenvalue weighted by molar-refractivity contribution is 7.89. The first-order valence-corrected chi connectivity index (χ1v) is 13.7. The third-order valence-electron chi connectivity index (χ3n) is 6.67. The first-order chi connectivity index (χ1) is 17.4. The predicted octanol–water partition coefficient (Wildman–Crippen LogP) is 5.10. The average molecular weight is 511 g/mol. The number of ether oxygens (including phenoxy) is 2. The zero-order valence-electron chi connectivity index (χ0n) is 21.1. The first kappa shape index (κ1) is 26.0. The summed E-state index contributed by atoms with van der Waals surface area (Å²) in [5.41, 5.74) is 2.77. The molecule has 7 nitrogen and oxygen atoms in total. The summed E-state index contributed by atoms with van der Waals surface area (Å²) < 4.78 is 41.1. The molecule has 1 heterocycles. The van der Waals surface area contributed by atoms with Crippen LogP contribution in [0.25, 0.3) is 0 Å². The second-order valence-corrected chi connectivity index (χ2v) is 10.8. The van der Waals surface area contributed by atoms with Gasteiger partial charge in [0.15, 0.2) is 0 Å². The maximum Gasteiger partial charge on any atom is 0.245 e. The lowest BCUT2D eigenvalue weighted by Gasteiger charge is -2.31. The minimum atomic E-state index is -3.92. The zero-order valence-corrected chi connectivity index (χ0v) is 21.9. The van der Waals surface area contributed by atoms with E-state index in [1.807, 2.05) is 54.6 Å². The maximum absolute atomic E-state index is 14.3. The lowest BCUT2D eigenvalue weighted by atomic mass is 10.1. The third kappa shape index (κ3) is 5.21. The summed E-state index contributed by atoms with van der Waals surface area (Å²) in [6.45, 7) is 2.52. The van der Waals surface area contributed by atoms with Crippen molar-refractivity contribution in [2.75, 3.05) is 25.7 Å². The molecule has 0 bridgehead atoms. The summed E-state index contributed by atoms with van der Waals surface area (Å²) in [5.74, 6) is 1.18. The molecule has 1 aliphatic rings. The second kappa shape index (κ2) is 11.3. The van der Waals surface area contributed by atoms with Gasteiger partial charge in [-0.1, -0.05) is 50.1 Å². The molecule has 36 heavy (non-hydrogen) atoms. The minimum absolute atomic E-state index is 0.170. The van der Waals surface area contributed by atoms with Gasteiger partial charge in [-0.3, -0.25) is 0 Å². The number of sulfonamides is 1. The normalized spacial score (nSPS) is 17.3. The third-order valence-corrected chi connectivity index (χ3v) is 8.59. The Morgan fingerprint density at radius 3 is 2.33 bits per heavy atom. The van der Waals surface area contributed by atoms with E-state index in [9.17, 15) is 13.5 Å². The Balaban J connectivity index is 1.90. The molecule has 4 rings (SSSR count). The number of rotatable bonds is 9. The predicted molar refractivity (Wildman–Crippen MR) is 141 cm³/mol. The van der Waals surface area contributed by atoms with E-state index in [-0.39, 0.29) is 24.1 Å². The fourth-order valence-corrected chi connectivity index (χ4v) is 6.56. The fraction of sp³-hybridized carbons (Fsp3) is 0.357. The number of aliphatic hydroxyl groups excluding tert-OH is 1. The molecule has 3 aromatic rings. The lowest BCUT2D eigenvalue weighted by Crippen LogP contribution is -2.43. The van der Waals surface area contributed by atoms with Crippen molar-refractivity contribution in [3.63, 3.8) is 0 Å². The largest absolute Gasteiger partial charge is 0.497 e. The molecule has 8 heteroatoms. The van der Waals surface area contributed by atoms with Crippen LogP contribution in [0.2, 0.25) is 0 Å². The Bertz CT molecular complexity index is 1260. The number of hydrogen-bond donors (Lipinski definition) is 1. The molecular formula is C28H34N2O5S. The standard InChI is InChI=1S/C28H34N2O5S/c1-4-5-9-24-19-29(23-10-7-6-8-11-23)26-17-27(35-3)22(20-31)16-28(26)36(32,33)30(24)18-21-12-14-25(34-2)15-13-21/h6-8,10-17,24,31H,4-5,9,18-20H2,1-3H3/t24-/m1/s1. The van der Waals surface area contributed by atoms with Gasteiger partial charge in [0.2, 0.25) is 10.0 Å². The second-order valence-electron chi connectivity index (χ2n) is 8.93. The maximum atomic E-state index is 14.3. The monoisotopic (exact) mass is 510 g/mol. The number of fused-ring (bicyclic) bond motifs is 1. The van der Waals surface area contributed by atoms with Gasteiger partial charge >= 0.3 is 0 Å². The SMILES string of the molecule is CCCC[C@@H]1CN(c2ccccc2)c2cc(OC)c(CO)cc2S(=O)(=O)N1Cc1ccc(OC)cc1. The van der Waals surface area contributed by atoms with E-state index in [2.05, 4.69) is 11.8 Å². The van der Waals surface area contributed by atoms with E-state index >= 15 is 0 Å². The van der Waals surface area contributed by atoms with Crippen LogP contribution in [0.1, 0.15) is 37.3 Å². The molecule has 0 aliphatic carbocycles. The van der Waals surface area contributed by atoms with Crippen LogP contribution in [-0.4, -0.2) is 44.6 Å². The molecular weight excluding hydrogens is 476 g/mol. The van der Waals surface area contributed by atoms with Crippen LogP contribution in [0, 0.1) is 0 Å². The zero-order chi connectivity index (χ0) is 25.7. The van der Waals surface area contributed by atoms with E-state index < -0.39 is 10.0 Å². The number of nitrogens with zero attached hydrogens (tertiary/aromatic N) is 2. The van der Waals surface area contributed by atoms with Crippen molar-refractivity contribution in [3.05, 3.63) is 77.9 Å². The van der Waals surface area contributed by atoms with Crippen LogP contribution in [0.3, 0.4) is 0 Å². The summed E-state index contributed by atoms with van der Waals surface area (Å²) in [7, 11) is -0.782. The van der Waals surface area contributed by atoms with Crippen LogP contribution in [0.5, 0.6) is 11.5 Å². The van der Waals surface area contributed by atoms with Gasteiger partial charge in [0.25, 0.3) is 0 Å². The number of unbranched alkanes of at least 4 members (excludes halogenated alkanes) is 1. The van der Waals surface area contributed by atoms with Gasteiger partial charge in [-0.25, -0.2) is 8.42 Å². The van der Waals surface area contributed by atoms with Crippen molar-refractivity contribution < 1.29 is 23.0 Å². The van der Waals surface area contributed by atoms with Crippen molar-refractivity contribution in [1.29, 1.82) is 0 Å². The molecule has 0 amide bonds. The Hall–Kier alpha value is -3.07. The molecule has 0 unspecified atom stereocenters. The molecule has 0 radical (unpaired) electrons. The summed E-state index contributed by atoms with van der Waals surface area (Å²) in [5, 5.41) is 9.98. The number of methoxy groups -OCH3 is 2. The molecule has 192 valence electrons. The topological polar surface area (TPSA) is 79.3 Å². The van der Waals surface area contributed by atoms with Gasteiger partial charge in [-0.2, -0.15) is 4.31 Å². The Morgan fingerprint density at radius 1 is 1.00 bits per heavy atom. The first-order valence-electron chi connectivity index (χ1n) is 12.2. The molecule has 0 saturated carbocycles. The van der Waals surface area contributed by atoms with Gasteiger partial charge in [-0.05, 0) is 42.3 Å². The molecule has 1 aliphatic heterocycles. The van der Waals surface area contributed by atoms with Crippen LogP contribution < -0.4 is 14.4 Å². The highest BCUT2D eigenvalue weighted by Gasteiger charge is 2.39. The summed E-state index contributed by atoms with van der Waals surface area (Å²) in [6.07, 6.45) is 2.60. The number of anilines is 2. The van der Waals surface area contributed by atoms with Crippen molar-refractivity contribution in [3.8, 4) is 11.5 Å². The number of para-hydroxylation sites is 1. The van der Waals surface area contributed by atoms with E-state index in [1.165, 1.54) is 7.11 Å². The van der Waals surface area contributed by atoms with E-state index in [4.69, 9.17) is 9.47 Å². The molecule has 1 N–H and O–H groups in total. The van der Waals surface area contributed by atoms with Gasteiger partial charge < -0.3 is 19.5 Å². The van der Waals surface area contributed by atoms with E-state index in [0.29, 0.717) is 23.5 Å². The van der Waals surface area contributed by atoms with Gasteiger partial charge in [-0.15, -0.1) is 0 Å². The van der Waals surface area contributed by atoms with Crippen molar-refractivity contribution in [2.24, 2.45) is 0 Å². The molecule has 0 aromatic heterocycles. The van der Waals surface area contributed by atoms with Gasteiger partial charge in [0, 0.05) is 36.4 Å². The molecule has 1 atom stereocenters. The Labute approximate surface area is 213 Å². The van der Waals surface area contributed by atoms with Crippen LogP contribution >= 0.6 is 0 Å². The Kier molecular flexibility index (Phi) is 8.18.